The van der Waals surface area contributed by atoms with Crippen molar-refractivity contribution in [2.45, 2.75) is 6.92 Å². The van der Waals surface area contributed by atoms with Crippen LogP contribution in [-0.2, 0) is 23.9 Å². The zero-order valence-corrected chi connectivity index (χ0v) is 15.4. The highest BCUT2D eigenvalue weighted by atomic mass is 16.5. The van der Waals surface area contributed by atoms with Gasteiger partial charge < -0.3 is 19.5 Å². The summed E-state index contributed by atoms with van der Waals surface area (Å²) in [5.41, 5.74) is 2.00. The maximum absolute atomic E-state index is 12.0. The van der Waals surface area contributed by atoms with Gasteiger partial charge in [-0.1, -0.05) is 24.3 Å². The predicted octanol–water partition coefficient (Wildman–Crippen LogP) is 1.72. The van der Waals surface area contributed by atoms with Gasteiger partial charge in [0.2, 0.25) is 0 Å². The van der Waals surface area contributed by atoms with Crippen LogP contribution in [0.5, 0.6) is 5.75 Å². The molecule has 2 aromatic carbocycles. The first-order valence-corrected chi connectivity index (χ1v) is 8.28. The lowest BCUT2D eigenvalue weighted by atomic mass is 10.0. The van der Waals surface area contributed by atoms with Gasteiger partial charge >= 0.3 is 17.9 Å². The minimum absolute atomic E-state index is 0.279. The number of benzene rings is 2. The lowest BCUT2D eigenvalue weighted by Crippen LogP contribution is -2.33. The van der Waals surface area contributed by atoms with Crippen LogP contribution in [0, 0.1) is 0 Å². The summed E-state index contributed by atoms with van der Waals surface area (Å²) >= 11 is 0. The molecule has 0 unspecified atom stereocenters. The van der Waals surface area contributed by atoms with Gasteiger partial charge in [0.25, 0.3) is 5.91 Å². The number of esters is 3. The highest BCUT2D eigenvalue weighted by Crippen LogP contribution is 2.23. The van der Waals surface area contributed by atoms with Gasteiger partial charge in [-0.25, -0.2) is 4.79 Å². The van der Waals surface area contributed by atoms with Gasteiger partial charge in [-0.05, 0) is 35.4 Å². The van der Waals surface area contributed by atoms with Crippen LogP contribution >= 0.6 is 0 Å². The Labute approximate surface area is 161 Å². The van der Waals surface area contributed by atoms with Gasteiger partial charge in [0.1, 0.15) is 12.3 Å². The molecule has 0 aromatic heterocycles. The number of hydrogen-bond acceptors (Lipinski definition) is 7. The van der Waals surface area contributed by atoms with Crippen molar-refractivity contribution in [2.75, 3.05) is 20.3 Å². The maximum Gasteiger partial charge on any atom is 0.338 e. The minimum atomic E-state index is -0.662. The summed E-state index contributed by atoms with van der Waals surface area (Å²) in [5, 5.41) is 2.27. The van der Waals surface area contributed by atoms with E-state index in [0.29, 0.717) is 5.75 Å². The first-order chi connectivity index (χ1) is 13.4. The van der Waals surface area contributed by atoms with Crippen LogP contribution in [-0.4, -0.2) is 44.1 Å². The Morgan fingerprint density at radius 2 is 1.46 bits per heavy atom. The molecule has 0 heterocycles. The Bertz CT molecular complexity index is 857. The van der Waals surface area contributed by atoms with E-state index in [0.717, 1.165) is 11.1 Å². The molecular weight excluding hydrogens is 366 g/mol. The largest absolute Gasteiger partial charge is 0.468 e. The second kappa shape index (κ2) is 9.86. The van der Waals surface area contributed by atoms with E-state index >= 15 is 0 Å². The van der Waals surface area contributed by atoms with E-state index in [-0.39, 0.29) is 12.1 Å². The molecule has 8 nitrogen and oxygen atoms in total. The van der Waals surface area contributed by atoms with E-state index in [9.17, 15) is 19.2 Å². The van der Waals surface area contributed by atoms with Crippen molar-refractivity contribution >= 4 is 23.8 Å². The number of hydrogen-bond donors (Lipinski definition) is 1. The van der Waals surface area contributed by atoms with E-state index in [2.05, 4.69) is 10.1 Å². The van der Waals surface area contributed by atoms with E-state index in [1.54, 1.807) is 48.5 Å². The number of rotatable bonds is 7. The number of amides is 1. The molecule has 0 atom stereocenters. The molecule has 146 valence electrons. The van der Waals surface area contributed by atoms with E-state index < -0.39 is 30.4 Å². The molecule has 0 saturated carbocycles. The van der Waals surface area contributed by atoms with Crippen LogP contribution in [0.3, 0.4) is 0 Å². The van der Waals surface area contributed by atoms with Crippen LogP contribution in [0.25, 0.3) is 11.1 Å². The molecule has 0 saturated heterocycles. The Balaban J connectivity index is 1.90. The van der Waals surface area contributed by atoms with E-state index in [4.69, 9.17) is 9.47 Å². The summed E-state index contributed by atoms with van der Waals surface area (Å²) in [6.45, 7) is 0.529. The predicted molar refractivity (Wildman–Crippen MR) is 98.5 cm³/mol. The lowest BCUT2D eigenvalue weighted by molar-refractivity contribution is -0.141. The standard InChI is InChI=1S/C20H19NO7/c1-13(22)28-17-9-7-15(8-10-17)14-3-5-16(6-4-14)20(25)27-12-18(23)21-11-19(24)26-2/h3-10H,11-12H2,1-2H3,(H,21,23). The quantitative estimate of drug-likeness (QED) is 0.571. The van der Waals surface area contributed by atoms with Crippen molar-refractivity contribution in [1.29, 1.82) is 0 Å². The summed E-state index contributed by atoms with van der Waals surface area (Å²) in [7, 11) is 1.20. The normalized spacial score (nSPS) is 9.93. The number of carbonyl (C=O) groups is 4. The van der Waals surface area contributed by atoms with E-state index in [1.807, 2.05) is 0 Å². The fourth-order valence-electron chi connectivity index (χ4n) is 2.19. The van der Waals surface area contributed by atoms with Crippen molar-refractivity contribution in [2.24, 2.45) is 0 Å². The van der Waals surface area contributed by atoms with Gasteiger partial charge in [-0.2, -0.15) is 0 Å². The van der Waals surface area contributed by atoms with E-state index in [1.165, 1.54) is 14.0 Å². The van der Waals surface area contributed by atoms with Crippen LogP contribution in [0.4, 0.5) is 0 Å². The SMILES string of the molecule is COC(=O)CNC(=O)COC(=O)c1ccc(-c2ccc(OC(C)=O)cc2)cc1. The first-order valence-electron chi connectivity index (χ1n) is 8.28. The van der Waals surface area contributed by atoms with Crippen molar-refractivity contribution < 1.29 is 33.4 Å². The molecule has 0 aliphatic carbocycles. The molecular formula is C20H19NO7. The Morgan fingerprint density at radius 3 is 2.00 bits per heavy atom. The number of nitrogens with one attached hydrogen (secondary N) is 1. The highest BCUT2D eigenvalue weighted by Gasteiger charge is 2.11. The molecule has 0 spiro atoms. The second-order valence-corrected chi connectivity index (χ2v) is 5.62. The third-order valence-corrected chi connectivity index (χ3v) is 3.56. The third-order valence-electron chi connectivity index (χ3n) is 3.56. The highest BCUT2D eigenvalue weighted by molar-refractivity contribution is 5.92. The minimum Gasteiger partial charge on any atom is -0.468 e. The number of carbonyl (C=O) groups excluding carboxylic acids is 4. The second-order valence-electron chi connectivity index (χ2n) is 5.62. The summed E-state index contributed by atoms with van der Waals surface area (Å²) in [6, 6.07) is 13.5. The van der Waals surface area contributed by atoms with Crippen LogP contribution in [0.1, 0.15) is 17.3 Å². The summed E-state index contributed by atoms with van der Waals surface area (Å²) < 4.78 is 14.3. The summed E-state index contributed by atoms with van der Waals surface area (Å²) in [5.74, 6) is -1.82. The molecule has 8 heteroatoms. The molecule has 1 N–H and O–H groups in total. The molecule has 28 heavy (non-hydrogen) atoms. The monoisotopic (exact) mass is 385 g/mol. The van der Waals surface area contributed by atoms with Crippen LogP contribution in [0.15, 0.2) is 48.5 Å². The van der Waals surface area contributed by atoms with Gasteiger partial charge in [0.15, 0.2) is 6.61 Å². The fourth-order valence-corrected chi connectivity index (χ4v) is 2.19. The molecule has 0 radical (unpaired) electrons. The zero-order chi connectivity index (χ0) is 20.5. The van der Waals surface area contributed by atoms with Crippen LogP contribution in [0.2, 0.25) is 0 Å². The number of ether oxygens (including phenoxy) is 3. The lowest BCUT2D eigenvalue weighted by Gasteiger charge is -2.07. The first kappa shape index (κ1) is 20.6. The van der Waals surface area contributed by atoms with Gasteiger partial charge in [-0.15, -0.1) is 0 Å². The topological polar surface area (TPSA) is 108 Å². The van der Waals surface area contributed by atoms with Gasteiger partial charge in [0.05, 0.1) is 12.7 Å². The zero-order valence-electron chi connectivity index (χ0n) is 15.4. The Kier molecular flexibility index (Phi) is 7.27. The molecule has 1 amide bonds. The van der Waals surface area contributed by atoms with Crippen molar-refractivity contribution in [1.82, 2.24) is 5.32 Å². The molecule has 0 aliphatic rings. The Morgan fingerprint density at radius 1 is 0.893 bits per heavy atom. The van der Waals surface area contributed by atoms with Gasteiger partial charge in [-0.3, -0.25) is 14.4 Å². The third kappa shape index (κ3) is 6.24. The molecule has 2 rings (SSSR count). The smallest absolute Gasteiger partial charge is 0.338 e. The Hall–Kier alpha value is -3.68. The van der Waals surface area contributed by atoms with Crippen molar-refractivity contribution in [3.05, 3.63) is 54.1 Å². The molecule has 0 aliphatic heterocycles. The fraction of sp³-hybridized carbons (Fsp3) is 0.200. The molecule has 0 bridgehead atoms. The molecule has 0 fully saturated rings. The molecule has 2 aromatic rings. The summed E-state index contributed by atoms with van der Waals surface area (Å²) in [4.78, 5) is 45.4. The average molecular weight is 385 g/mol. The summed E-state index contributed by atoms with van der Waals surface area (Å²) in [6.07, 6.45) is 0. The number of methoxy groups -OCH3 is 1. The average Bonchev–Trinajstić information content (AvgIpc) is 2.70. The van der Waals surface area contributed by atoms with Crippen molar-refractivity contribution in [3.63, 3.8) is 0 Å². The van der Waals surface area contributed by atoms with Gasteiger partial charge in [0, 0.05) is 6.92 Å². The maximum atomic E-state index is 12.0. The van der Waals surface area contributed by atoms with Crippen LogP contribution < -0.4 is 10.1 Å². The van der Waals surface area contributed by atoms with Crippen molar-refractivity contribution in [3.8, 4) is 16.9 Å².